The highest BCUT2D eigenvalue weighted by molar-refractivity contribution is 5.95. The van der Waals surface area contributed by atoms with Gasteiger partial charge in [-0.2, -0.15) is 0 Å². The summed E-state index contributed by atoms with van der Waals surface area (Å²) in [7, 11) is 0. The number of nitro benzene ring substituents is 1. The van der Waals surface area contributed by atoms with Crippen LogP contribution in [0.1, 0.15) is 11.6 Å². The Labute approximate surface area is 119 Å². The molecule has 0 bridgehead atoms. The highest BCUT2D eigenvalue weighted by atomic mass is 19.1. The summed E-state index contributed by atoms with van der Waals surface area (Å²) in [5.41, 5.74) is 5.81. The van der Waals surface area contributed by atoms with Gasteiger partial charge in [0.1, 0.15) is 6.04 Å². The van der Waals surface area contributed by atoms with Gasteiger partial charge in [-0.3, -0.25) is 14.9 Å². The third-order valence-electron chi connectivity index (χ3n) is 2.86. The van der Waals surface area contributed by atoms with E-state index in [1.807, 2.05) is 0 Å². The zero-order valence-corrected chi connectivity index (χ0v) is 10.8. The Morgan fingerprint density at radius 1 is 1.24 bits per heavy atom. The van der Waals surface area contributed by atoms with Crippen LogP contribution < -0.4 is 11.1 Å². The van der Waals surface area contributed by atoms with Gasteiger partial charge in [-0.05, 0) is 11.6 Å². The van der Waals surface area contributed by atoms with E-state index in [2.05, 4.69) is 5.32 Å². The fourth-order valence-corrected chi connectivity index (χ4v) is 1.74. The highest BCUT2D eigenvalue weighted by Crippen LogP contribution is 2.21. The van der Waals surface area contributed by atoms with Crippen molar-refractivity contribution in [1.82, 2.24) is 0 Å². The van der Waals surface area contributed by atoms with Crippen LogP contribution in [0.5, 0.6) is 0 Å². The monoisotopic (exact) mass is 289 g/mol. The molecule has 0 aromatic heterocycles. The normalized spacial score (nSPS) is 11.7. The van der Waals surface area contributed by atoms with E-state index in [1.54, 1.807) is 30.3 Å². The van der Waals surface area contributed by atoms with E-state index in [1.165, 1.54) is 0 Å². The first kappa shape index (κ1) is 14.6. The standard InChI is InChI=1S/C14H12FN3O3/c15-11-8-10(18(20)21)6-7-12(11)17-14(19)13(16)9-4-2-1-3-5-9/h1-8,13H,16H2,(H,17,19)/t13-/m1/s1. The Morgan fingerprint density at radius 2 is 1.90 bits per heavy atom. The van der Waals surface area contributed by atoms with E-state index < -0.39 is 28.4 Å². The van der Waals surface area contributed by atoms with Gasteiger partial charge in [0.25, 0.3) is 5.69 Å². The summed E-state index contributed by atoms with van der Waals surface area (Å²) in [4.78, 5) is 21.7. The van der Waals surface area contributed by atoms with Crippen molar-refractivity contribution < 1.29 is 14.1 Å². The van der Waals surface area contributed by atoms with Crippen LogP contribution in [0.3, 0.4) is 0 Å². The molecular weight excluding hydrogens is 277 g/mol. The number of carbonyl (C=O) groups excluding carboxylic acids is 1. The fourth-order valence-electron chi connectivity index (χ4n) is 1.74. The minimum Gasteiger partial charge on any atom is -0.322 e. The number of nitro groups is 1. The minimum absolute atomic E-state index is 0.156. The van der Waals surface area contributed by atoms with Crippen molar-refractivity contribution in [1.29, 1.82) is 0 Å². The zero-order valence-electron chi connectivity index (χ0n) is 10.8. The van der Waals surface area contributed by atoms with Gasteiger partial charge in [0.05, 0.1) is 16.7 Å². The third kappa shape index (κ3) is 3.40. The summed E-state index contributed by atoms with van der Waals surface area (Å²) in [6.45, 7) is 0. The number of nitrogens with one attached hydrogen (secondary N) is 1. The second kappa shape index (κ2) is 6.10. The summed E-state index contributed by atoms with van der Waals surface area (Å²) in [6, 6.07) is 10.6. The van der Waals surface area contributed by atoms with Crippen molar-refractivity contribution in [2.45, 2.75) is 6.04 Å². The molecule has 0 fully saturated rings. The maximum Gasteiger partial charge on any atom is 0.272 e. The van der Waals surface area contributed by atoms with Crippen LogP contribution in [0.4, 0.5) is 15.8 Å². The second-order valence-corrected chi connectivity index (χ2v) is 4.30. The van der Waals surface area contributed by atoms with Crippen molar-refractivity contribution in [2.75, 3.05) is 5.32 Å². The Morgan fingerprint density at radius 3 is 2.48 bits per heavy atom. The van der Waals surface area contributed by atoms with Crippen molar-refractivity contribution in [3.05, 3.63) is 70.0 Å². The molecular formula is C14H12FN3O3. The number of anilines is 1. The first-order valence-electron chi connectivity index (χ1n) is 6.04. The lowest BCUT2D eigenvalue weighted by Gasteiger charge is -2.12. The van der Waals surface area contributed by atoms with E-state index >= 15 is 0 Å². The van der Waals surface area contributed by atoms with Gasteiger partial charge in [0.2, 0.25) is 5.91 Å². The number of carbonyl (C=O) groups is 1. The summed E-state index contributed by atoms with van der Waals surface area (Å²) in [6.07, 6.45) is 0. The lowest BCUT2D eigenvalue weighted by atomic mass is 10.1. The molecule has 1 atom stereocenters. The summed E-state index contributed by atoms with van der Waals surface area (Å²) in [5, 5.41) is 12.8. The molecule has 0 aliphatic heterocycles. The average Bonchev–Trinajstić information content (AvgIpc) is 2.49. The van der Waals surface area contributed by atoms with E-state index in [4.69, 9.17) is 5.73 Å². The first-order valence-corrected chi connectivity index (χ1v) is 6.04. The number of halogens is 1. The molecule has 3 N–H and O–H groups in total. The van der Waals surface area contributed by atoms with E-state index in [0.29, 0.717) is 5.56 Å². The second-order valence-electron chi connectivity index (χ2n) is 4.30. The van der Waals surface area contributed by atoms with Gasteiger partial charge in [0.15, 0.2) is 5.82 Å². The van der Waals surface area contributed by atoms with E-state index in [-0.39, 0.29) is 5.69 Å². The summed E-state index contributed by atoms with van der Waals surface area (Å²) >= 11 is 0. The quantitative estimate of drug-likeness (QED) is 0.666. The highest BCUT2D eigenvalue weighted by Gasteiger charge is 2.18. The molecule has 1 amide bonds. The molecule has 0 aliphatic carbocycles. The summed E-state index contributed by atoms with van der Waals surface area (Å²) < 4.78 is 13.7. The van der Waals surface area contributed by atoms with Crippen LogP contribution in [-0.2, 0) is 4.79 Å². The van der Waals surface area contributed by atoms with Crippen LogP contribution in [0.2, 0.25) is 0 Å². The lowest BCUT2D eigenvalue weighted by Crippen LogP contribution is -2.28. The SMILES string of the molecule is N[C@@H](C(=O)Nc1ccc([N+](=O)[O-])cc1F)c1ccccc1. The molecule has 2 rings (SSSR count). The Balaban J connectivity index is 2.15. The zero-order chi connectivity index (χ0) is 15.4. The molecule has 21 heavy (non-hydrogen) atoms. The Hall–Kier alpha value is -2.80. The van der Waals surface area contributed by atoms with Crippen molar-refractivity contribution >= 4 is 17.3 Å². The largest absolute Gasteiger partial charge is 0.322 e. The number of hydrogen-bond acceptors (Lipinski definition) is 4. The van der Waals surface area contributed by atoms with Crippen LogP contribution >= 0.6 is 0 Å². The van der Waals surface area contributed by atoms with Gasteiger partial charge < -0.3 is 11.1 Å². The molecule has 6 nitrogen and oxygen atoms in total. The smallest absolute Gasteiger partial charge is 0.272 e. The molecule has 108 valence electrons. The molecule has 0 spiro atoms. The maximum atomic E-state index is 13.7. The number of non-ortho nitro benzene ring substituents is 1. The first-order chi connectivity index (χ1) is 9.99. The molecule has 0 saturated carbocycles. The van der Waals surface area contributed by atoms with Crippen molar-refractivity contribution in [3.63, 3.8) is 0 Å². The molecule has 0 heterocycles. The fraction of sp³-hybridized carbons (Fsp3) is 0.0714. The van der Waals surface area contributed by atoms with Crippen molar-refractivity contribution in [2.24, 2.45) is 5.73 Å². The maximum absolute atomic E-state index is 13.7. The number of hydrogen-bond donors (Lipinski definition) is 2. The number of nitrogens with zero attached hydrogens (tertiary/aromatic N) is 1. The number of amides is 1. The number of nitrogens with two attached hydrogens (primary N) is 1. The predicted molar refractivity (Wildman–Crippen MR) is 75.1 cm³/mol. The minimum atomic E-state index is -0.958. The predicted octanol–water partition coefficient (Wildman–Crippen LogP) is 2.37. The van der Waals surface area contributed by atoms with Gasteiger partial charge in [-0.1, -0.05) is 30.3 Å². The van der Waals surface area contributed by atoms with Crippen molar-refractivity contribution in [3.8, 4) is 0 Å². The van der Waals surface area contributed by atoms with E-state index in [9.17, 15) is 19.3 Å². The third-order valence-corrected chi connectivity index (χ3v) is 2.86. The van der Waals surface area contributed by atoms with Crippen LogP contribution in [0.15, 0.2) is 48.5 Å². The van der Waals surface area contributed by atoms with Gasteiger partial charge >= 0.3 is 0 Å². The summed E-state index contributed by atoms with van der Waals surface area (Å²) in [5.74, 6) is -1.49. The topological polar surface area (TPSA) is 98.3 Å². The number of benzene rings is 2. The Bertz CT molecular complexity index is 676. The molecule has 2 aromatic rings. The number of rotatable bonds is 4. The molecule has 0 radical (unpaired) electrons. The van der Waals surface area contributed by atoms with E-state index in [0.717, 1.165) is 18.2 Å². The molecule has 0 unspecified atom stereocenters. The molecule has 0 saturated heterocycles. The van der Waals surface area contributed by atoms with Gasteiger partial charge in [0, 0.05) is 6.07 Å². The Kier molecular flexibility index (Phi) is 4.24. The lowest BCUT2D eigenvalue weighted by molar-refractivity contribution is -0.385. The molecule has 7 heteroatoms. The van der Waals surface area contributed by atoms with Crippen LogP contribution in [0, 0.1) is 15.9 Å². The average molecular weight is 289 g/mol. The van der Waals surface area contributed by atoms with Gasteiger partial charge in [-0.15, -0.1) is 0 Å². The molecule has 0 aliphatic rings. The van der Waals surface area contributed by atoms with Crippen LogP contribution in [-0.4, -0.2) is 10.8 Å². The van der Waals surface area contributed by atoms with Gasteiger partial charge in [-0.25, -0.2) is 4.39 Å². The van der Waals surface area contributed by atoms with Crippen LogP contribution in [0.25, 0.3) is 0 Å². The molecule has 2 aromatic carbocycles.